The molecule has 0 atom stereocenters. The lowest BCUT2D eigenvalue weighted by Gasteiger charge is -2.34. The van der Waals surface area contributed by atoms with Gasteiger partial charge in [0.1, 0.15) is 0 Å². The van der Waals surface area contributed by atoms with Gasteiger partial charge in [-0.15, -0.1) is 0 Å². The SMILES string of the molecule is Cc1ccc(C#N)cc1-n1cncc1C1(C)CCNCC1. The first-order valence-electron chi connectivity index (χ1n) is 7.39. The van der Waals surface area contributed by atoms with Crippen molar-refractivity contribution in [2.45, 2.75) is 32.1 Å². The van der Waals surface area contributed by atoms with E-state index in [-0.39, 0.29) is 5.41 Å². The van der Waals surface area contributed by atoms with Crippen LogP contribution in [0.15, 0.2) is 30.7 Å². The van der Waals surface area contributed by atoms with Gasteiger partial charge in [0.2, 0.25) is 0 Å². The van der Waals surface area contributed by atoms with Crippen molar-refractivity contribution in [1.82, 2.24) is 14.9 Å². The molecule has 1 aliphatic heterocycles. The van der Waals surface area contributed by atoms with Crippen molar-refractivity contribution in [3.63, 3.8) is 0 Å². The highest BCUT2D eigenvalue weighted by Crippen LogP contribution is 2.34. The van der Waals surface area contributed by atoms with Crippen LogP contribution in [0.4, 0.5) is 0 Å². The predicted octanol–water partition coefficient (Wildman–Crippen LogP) is 2.69. The number of benzene rings is 1. The maximum Gasteiger partial charge on any atom is 0.0994 e. The third-order valence-corrected chi connectivity index (χ3v) is 4.56. The van der Waals surface area contributed by atoms with E-state index in [1.807, 2.05) is 30.7 Å². The molecule has 0 unspecified atom stereocenters. The zero-order chi connectivity index (χ0) is 14.9. The van der Waals surface area contributed by atoms with Gasteiger partial charge in [-0.25, -0.2) is 4.98 Å². The fourth-order valence-electron chi connectivity index (χ4n) is 3.11. The van der Waals surface area contributed by atoms with Crippen molar-refractivity contribution in [1.29, 1.82) is 5.26 Å². The second-order valence-electron chi connectivity index (χ2n) is 6.07. The molecule has 108 valence electrons. The summed E-state index contributed by atoms with van der Waals surface area (Å²) >= 11 is 0. The maximum atomic E-state index is 9.14. The maximum absolute atomic E-state index is 9.14. The van der Waals surface area contributed by atoms with Gasteiger partial charge in [-0.05, 0) is 50.6 Å². The van der Waals surface area contributed by atoms with E-state index in [1.54, 1.807) is 0 Å². The molecule has 2 aromatic rings. The Balaban J connectivity index is 2.09. The lowest BCUT2D eigenvalue weighted by Crippen LogP contribution is -2.38. The third-order valence-electron chi connectivity index (χ3n) is 4.56. The van der Waals surface area contributed by atoms with Crippen LogP contribution in [0.5, 0.6) is 0 Å². The molecule has 0 saturated carbocycles. The molecule has 3 rings (SSSR count). The van der Waals surface area contributed by atoms with Crippen molar-refractivity contribution in [2.24, 2.45) is 0 Å². The van der Waals surface area contributed by atoms with Crippen molar-refractivity contribution in [3.05, 3.63) is 47.5 Å². The van der Waals surface area contributed by atoms with E-state index in [1.165, 1.54) is 5.69 Å². The zero-order valence-corrected chi connectivity index (χ0v) is 12.6. The molecule has 1 N–H and O–H groups in total. The number of nitrogens with zero attached hydrogens (tertiary/aromatic N) is 3. The molecule has 0 amide bonds. The lowest BCUT2D eigenvalue weighted by atomic mass is 9.78. The number of hydrogen-bond donors (Lipinski definition) is 1. The van der Waals surface area contributed by atoms with E-state index in [2.05, 4.69) is 34.8 Å². The van der Waals surface area contributed by atoms with Gasteiger partial charge >= 0.3 is 0 Å². The first kappa shape index (κ1) is 13.8. The van der Waals surface area contributed by atoms with E-state index in [0.717, 1.165) is 37.2 Å². The molecule has 1 saturated heterocycles. The van der Waals surface area contributed by atoms with Crippen molar-refractivity contribution < 1.29 is 0 Å². The van der Waals surface area contributed by atoms with E-state index >= 15 is 0 Å². The normalized spacial score (nSPS) is 17.4. The summed E-state index contributed by atoms with van der Waals surface area (Å²) in [6, 6.07) is 8.04. The van der Waals surface area contributed by atoms with Gasteiger partial charge in [0, 0.05) is 17.3 Å². The minimum absolute atomic E-state index is 0.136. The predicted molar refractivity (Wildman–Crippen MR) is 82.5 cm³/mol. The smallest absolute Gasteiger partial charge is 0.0994 e. The number of rotatable bonds is 2. The number of hydrogen-bond acceptors (Lipinski definition) is 3. The first-order valence-corrected chi connectivity index (χ1v) is 7.39. The molecule has 4 nitrogen and oxygen atoms in total. The summed E-state index contributed by atoms with van der Waals surface area (Å²) in [6.07, 6.45) is 6.06. The highest BCUT2D eigenvalue weighted by molar-refractivity contribution is 5.48. The van der Waals surface area contributed by atoms with E-state index in [9.17, 15) is 0 Å². The topological polar surface area (TPSA) is 53.6 Å². The van der Waals surface area contributed by atoms with Crippen LogP contribution in [-0.4, -0.2) is 22.6 Å². The van der Waals surface area contributed by atoms with Crippen LogP contribution in [0.1, 0.15) is 36.6 Å². The summed E-state index contributed by atoms with van der Waals surface area (Å²) < 4.78 is 2.15. The minimum atomic E-state index is 0.136. The second-order valence-corrected chi connectivity index (χ2v) is 6.07. The van der Waals surface area contributed by atoms with Crippen LogP contribution in [-0.2, 0) is 5.41 Å². The molecular weight excluding hydrogens is 260 g/mol. The average Bonchev–Trinajstić information content (AvgIpc) is 2.99. The summed E-state index contributed by atoms with van der Waals surface area (Å²) in [5.41, 5.74) is 4.27. The fraction of sp³-hybridized carbons (Fsp3) is 0.412. The Kier molecular flexibility index (Phi) is 3.52. The molecule has 1 aromatic heterocycles. The molecular formula is C17H20N4. The standard InChI is InChI=1S/C17H20N4/c1-13-3-4-14(10-18)9-15(13)21-12-20-11-16(21)17(2)5-7-19-8-6-17/h3-4,9,11-12,19H,5-8H2,1-2H3. The molecule has 0 spiro atoms. The van der Waals surface area contributed by atoms with Gasteiger partial charge in [0.25, 0.3) is 0 Å². The van der Waals surface area contributed by atoms with Crippen molar-refractivity contribution in [2.75, 3.05) is 13.1 Å². The van der Waals surface area contributed by atoms with Crippen LogP contribution < -0.4 is 5.32 Å². The largest absolute Gasteiger partial charge is 0.317 e. The molecule has 1 fully saturated rings. The third kappa shape index (κ3) is 2.45. The van der Waals surface area contributed by atoms with E-state index in [4.69, 9.17) is 5.26 Å². The summed E-state index contributed by atoms with van der Waals surface area (Å²) in [6.45, 7) is 6.47. The van der Waals surface area contributed by atoms with Gasteiger partial charge in [0.15, 0.2) is 0 Å². The van der Waals surface area contributed by atoms with Crippen LogP contribution >= 0.6 is 0 Å². The summed E-state index contributed by atoms with van der Waals surface area (Å²) in [5, 5.41) is 12.6. The molecule has 21 heavy (non-hydrogen) atoms. The number of aromatic nitrogens is 2. The summed E-state index contributed by atoms with van der Waals surface area (Å²) in [7, 11) is 0. The summed E-state index contributed by atoms with van der Waals surface area (Å²) in [5.74, 6) is 0. The Labute approximate surface area is 125 Å². The van der Waals surface area contributed by atoms with Crippen LogP contribution in [0.2, 0.25) is 0 Å². The number of nitriles is 1. The number of aryl methyl sites for hydroxylation is 1. The highest BCUT2D eigenvalue weighted by Gasteiger charge is 2.32. The van der Waals surface area contributed by atoms with Gasteiger partial charge in [-0.3, -0.25) is 0 Å². The molecule has 4 heteroatoms. The Morgan fingerprint density at radius 3 is 2.81 bits per heavy atom. The van der Waals surface area contributed by atoms with Crippen molar-refractivity contribution >= 4 is 0 Å². The number of piperidine rings is 1. The van der Waals surface area contributed by atoms with Crippen LogP contribution in [0.25, 0.3) is 5.69 Å². The van der Waals surface area contributed by atoms with Gasteiger partial charge in [-0.2, -0.15) is 5.26 Å². The minimum Gasteiger partial charge on any atom is -0.317 e. The van der Waals surface area contributed by atoms with E-state index in [0.29, 0.717) is 5.56 Å². The highest BCUT2D eigenvalue weighted by atomic mass is 15.1. The number of imidazole rings is 1. The fourth-order valence-corrected chi connectivity index (χ4v) is 3.11. The Morgan fingerprint density at radius 2 is 2.10 bits per heavy atom. The zero-order valence-electron chi connectivity index (χ0n) is 12.6. The second kappa shape index (κ2) is 5.34. The Bertz CT molecular complexity index is 687. The molecule has 0 radical (unpaired) electrons. The summed E-state index contributed by atoms with van der Waals surface area (Å²) in [4.78, 5) is 4.38. The van der Waals surface area contributed by atoms with E-state index < -0.39 is 0 Å². The quantitative estimate of drug-likeness (QED) is 0.920. The van der Waals surface area contributed by atoms with Gasteiger partial charge in [-0.1, -0.05) is 13.0 Å². The number of nitrogens with one attached hydrogen (secondary N) is 1. The lowest BCUT2D eigenvalue weighted by molar-refractivity contribution is 0.324. The van der Waals surface area contributed by atoms with Crippen LogP contribution in [0, 0.1) is 18.3 Å². The van der Waals surface area contributed by atoms with Gasteiger partial charge in [0.05, 0.1) is 23.6 Å². The Morgan fingerprint density at radius 1 is 1.33 bits per heavy atom. The molecule has 1 aromatic carbocycles. The molecule has 0 bridgehead atoms. The average molecular weight is 280 g/mol. The first-order chi connectivity index (χ1) is 10.1. The van der Waals surface area contributed by atoms with Crippen molar-refractivity contribution in [3.8, 4) is 11.8 Å². The Hall–Kier alpha value is -2.12. The molecule has 1 aliphatic rings. The van der Waals surface area contributed by atoms with Gasteiger partial charge < -0.3 is 9.88 Å². The molecule has 0 aliphatic carbocycles. The monoisotopic (exact) mass is 280 g/mol. The molecule has 2 heterocycles. The van der Waals surface area contributed by atoms with Crippen LogP contribution in [0.3, 0.4) is 0 Å².